The highest BCUT2D eigenvalue weighted by Gasteiger charge is 2.51. The van der Waals surface area contributed by atoms with E-state index in [1.165, 1.54) is 6.07 Å². The van der Waals surface area contributed by atoms with Crippen molar-refractivity contribution < 1.29 is 28.2 Å². The number of halogens is 3. The van der Waals surface area contributed by atoms with E-state index in [4.69, 9.17) is 0 Å². The van der Waals surface area contributed by atoms with Crippen LogP contribution >= 0.6 is 0 Å². The minimum atomic E-state index is -4.41. The quantitative estimate of drug-likeness (QED) is 0.643. The van der Waals surface area contributed by atoms with E-state index < -0.39 is 11.7 Å². The molecule has 0 radical (unpaired) electrons. The number of carbonyl (C=O) groups is 1. The number of β-amino-alcohol motifs (C(OH)–C–C–N with tert-alkyl or cyclic N) is 1. The summed E-state index contributed by atoms with van der Waals surface area (Å²) in [5, 5.41) is 20.3. The molecule has 9 heteroatoms. The molecule has 1 saturated carbocycles. The normalized spacial score (nSPS) is 24.8. The number of aliphatic hydroxyl groups excluding tert-OH is 2. The van der Waals surface area contributed by atoms with Gasteiger partial charge in [0, 0.05) is 38.3 Å². The first-order chi connectivity index (χ1) is 15.7. The molecule has 0 unspecified atom stereocenters. The van der Waals surface area contributed by atoms with Gasteiger partial charge in [-0.3, -0.25) is 4.79 Å². The molecule has 1 spiro atoms. The summed E-state index contributed by atoms with van der Waals surface area (Å²) in [6, 6.07) is 4.90. The molecular formula is C24H34F3N3O3. The van der Waals surface area contributed by atoms with E-state index in [1.54, 1.807) is 11.0 Å². The monoisotopic (exact) mass is 469 g/mol. The molecule has 2 N–H and O–H groups in total. The molecule has 1 aromatic rings. The van der Waals surface area contributed by atoms with Gasteiger partial charge in [0.25, 0.3) is 0 Å². The second kappa shape index (κ2) is 9.80. The number of amides is 1. The lowest BCUT2D eigenvalue weighted by molar-refractivity contribution is -0.137. The van der Waals surface area contributed by atoms with E-state index in [-0.39, 0.29) is 36.5 Å². The van der Waals surface area contributed by atoms with E-state index in [0.29, 0.717) is 38.3 Å². The number of hydrogen-bond donors (Lipinski definition) is 2. The highest BCUT2D eigenvalue weighted by molar-refractivity contribution is 5.78. The van der Waals surface area contributed by atoms with Crippen molar-refractivity contribution >= 4 is 11.6 Å². The lowest BCUT2D eigenvalue weighted by Crippen LogP contribution is -2.46. The molecule has 1 amide bonds. The number of nitrogens with zero attached hydrogens (tertiary/aromatic N) is 3. The Kier molecular flexibility index (Phi) is 7.21. The van der Waals surface area contributed by atoms with Gasteiger partial charge >= 0.3 is 6.18 Å². The highest BCUT2D eigenvalue weighted by Crippen LogP contribution is 2.53. The fourth-order valence-corrected chi connectivity index (χ4v) is 5.28. The molecular weight excluding hydrogens is 435 g/mol. The molecule has 6 nitrogen and oxygen atoms in total. The maximum Gasteiger partial charge on any atom is 0.416 e. The van der Waals surface area contributed by atoms with Gasteiger partial charge in [-0.05, 0) is 68.8 Å². The Morgan fingerprint density at radius 1 is 1.12 bits per heavy atom. The molecule has 0 aromatic heterocycles. The van der Waals surface area contributed by atoms with Crippen molar-refractivity contribution in [1.82, 2.24) is 9.80 Å². The van der Waals surface area contributed by atoms with Gasteiger partial charge in [-0.2, -0.15) is 13.2 Å². The fraction of sp³-hybridized carbons (Fsp3) is 0.708. The molecule has 2 saturated heterocycles. The molecule has 2 aliphatic heterocycles. The molecule has 1 aliphatic carbocycles. The Bertz CT molecular complexity index is 831. The standard InChI is InChI=1S/C24H34F3N3O3/c25-24(26,27)18-3-1-4-19(15-18)29-11-6-22(33)30(14-13-29)20(17-31)5-2-10-28-12-9-23(7-8-23)21(32)16-28/h1,3-4,15,20-21,31-32H,2,5-14,16-17H2/t20-,21-/m1/s1. The summed E-state index contributed by atoms with van der Waals surface area (Å²) in [6.45, 7) is 3.49. The van der Waals surface area contributed by atoms with Crippen LogP contribution in [-0.2, 0) is 11.0 Å². The van der Waals surface area contributed by atoms with Crippen LogP contribution in [0.2, 0.25) is 0 Å². The van der Waals surface area contributed by atoms with Crippen molar-refractivity contribution in [2.24, 2.45) is 5.41 Å². The first kappa shape index (κ1) is 24.3. The van der Waals surface area contributed by atoms with Crippen LogP contribution in [0.4, 0.5) is 18.9 Å². The van der Waals surface area contributed by atoms with Crippen molar-refractivity contribution in [1.29, 1.82) is 0 Å². The smallest absolute Gasteiger partial charge is 0.394 e. The van der Waals surface area contributed by atoms with Crippen molar-refractivity contribution in [3.63, 3.8) is 0 Å². The Labute approximate surface area is 193 Å². The molecule has 3 aliphatic rings. The number of alkyl halides is 3. The van der Waals surface area contributed by atoms with E-state index in [9.17, 15) is 28.2 Å². The molecule has 3 fully saturated rings. The third kappa shape index (κ3) is 5.63. The Morgan fingerprint density at radius 2 is 1.91 bits per heavy atom. The number of likely N-dealkylation sites (tertiary alicyclic amines) is 1. The van der Waals surface area contributed by atoms with E-state index in [1.807, 2.05) is 4.90 Å². The second-order valence-corrected chi connectivity index (χ2v) is 9.78. The largest absolute Gasteiger partial charge is 0.416 e. The van der Waals surface area contributed by atoms with Crippen LogP contribution in [0, 0.1) is 5.41 Å². The van der Waals surface area contributed by atoms with Gasteiger partial charge in [0.15, 0.2) is 0 Å². The zero-order valence-electron chi connectivity index (χ0n) is 18.9. The van der Waals surface area contributed by atoms with Gasteiger partial charge in [0.1, 0.15) is 0 Å². The summed E-state index contributed by atoms with van der Waals surface area (Å²) < 4.78 is 39.2. The highest BCUT2D eigenvalue weighted by atomic mass is 19.4. The summed E-state index contributed by atoms with van der Waals surface area (Å²) in [4.78, 5) is 18.5. The lowest BCUT2D eigenvalue weighted by atomic mass is 9.90. The Balaban J connectivity index is 1.30. The topological polar surface area (TPSA) is 67.2 Å². The number of hydrogen-bond acceptors (Lipinski definition) is 5. The predicted octanol–water partition coefficient (Wildman–Crippen LogP) is 2.73. The van der Waals surface area contributed by atoms with Gasteiger partial charge in [-0.15, -0.1) is 0 Å². The molecule has 0 bridgehead atoms. The number of benzene rings is 1. The predicted molar refractivity (Wildman–Crippen MR) is 119 cm³/mol. The molecule has 33 heavy (non-hydrogen) atoms. The van der Waals surface area contributed by atoms with Crippen LogP contribution in [0.15, 0.2) is 24.3 Å². The van der Waals surface area contributed by atoms with Gasteiger partial charge in [0.05, 0.1) is 24.3 Å². The maximum atomic E-state index is 13.1. The zero-order valence-corrected chi connectivity index (χ0v) is 18.9. The first-order valence-corrected chi connectivity index (χ1v) is 11.9. The van der Waals surface area contributed by atoms with E-state index >= 15 is 0 Å². The van der Waals surface area contributed by atoms with Crippen LogP contribution in [-0.4, -0.2) is 83.9 Å². The van der Waals surface area contributed by atoms with Gasteiger partial charge in [0.2, 0.25) is 5.91 Å². The minimum Gasteiger partial charge on any atom is -0.394 e. The van der Waals surface area contributed by atoms with Crippen LogP contribution in [0.1, 0.15) is 44.1 Å². The number of aliphatic hydroxyl groups is 2. The van der Waals surface area contributed by atoms with Crippen LogP contribution in [0.5, 0.6) is 0 Å². The average molecular weight is 470 g/mol. The lowest BCUT2D eigenvalue weighted by Gasteiger charge is -2.37. The van der Waals surface area contributed by atoms with Crippen LogP contribution in [0.25, 0.3) is 0 Å². The van der Waals surface area contributed by atoms with Crippen LogP contribution in [0.3, 0.4) is 0 Å². The van der Waals surface area contributed by atoms with Gasteiger partial charge < -0.3 is 24.9 Å². The number of anilines is 1. The Hall–Kier alpha value is -1.84. The molecule has 2 heterocycles. The minimum absolute atomic E-state index is 0.0763. The molecule has 1 aromatic carbocycles. The van der Waals surface area contributed by atoms with E-state index in [0.717, 1.165) is 50.9 Å². The second-order valence-electron chi connectivity index (χ2n) is 9.78. The summed E-state index contributed by atoms with van der Waals surface area (Å²) in [5.74, 6) is -0.0763. The maximum absolute atomic E-state index is 13.1. The number of rotatable bonds is 7. The van der Waals surface area contributed by atoms with Gasteiger partial charge in [-0.25, -0.2) is 0 Å². The van der Waals surface area contributed by atoms with Crippen molar-refractivity contribution in [2.75, 3.05) is 50.8 Å². The molecule has 2 atom stereocenters. The average Bonchev–Trinajstić information content (AvgIpc) is 3.59. The van der Waals surface area contributed by atoms with Crippen molar-refractivity contribution in [3.05, 3.63) is 29.8 Å². The van der Waals surface area contributed by atoms with E-state index in [2.05, 4.69) is 4.90 Å². The summed E-state index contributed by atoms with van der Waals surface area (Å²) >= 11 is 0. The molecule has 4 rings (SSSR count). The number of piperidine rings is 1. The summed E-state index contributed by atoms with van der Waals surface area (Å²) in [5.41, 5.74) is -0.0677. The Morgan fingerprint density at radius 3 is 2.58 bits per heavy atom. The third-order valence-corrected chi connectivity index (χ3v) is 7.68. The zero-order chi connectivity index (χ0) is 23.6. The first-order valence-electron chi connectivity index (χ1n) is 11.9. The summed E-state index contributed by atoms with van der Waals surface area (Å²) in [7, 11) is 0. The summed E-state index contributed by atoms with van der Waals surface area (Å²) in [6.07, 6.45) is 0.298. The number of carbonyl (C=O) groups excluding carboxylic acids is 1. The van der Waals surface area contributed by atoms with Crippen LogP contribution < -0.4 is 4.90 Å². The van der Waals surface area contributed by atoms with Crippen molar-refractivity contribution in [3.8, 4) is 0 Å². The SMILES string of the molecule is O=C1CCN(c2cccc(C(F)(F)F)c2)CCN1[C@@H](CO)CCCN1CCC2(CC2)[C@H](O)C1. The molecule has 184 valence electrons. The van der Waals surface area contributed by atoms with Gasteiger partial charge in [-0.1, -0.05) is 6.07 Å². The third-order valence-electron chi connectivity index (χ3n) is 7.68. The fourth-order valence-electron chi connectivity index (χ4n) is 5.28. The van der Waals surface area contributed by atoms with Crippen molar-refractivity contribution in [2.45, 2.75) is 56.8 Å².